The molecule has 0 radical (unpaired) electrons. The summed E-state index contributed by atoms with van der Waals surface area (Å²) in [4.78, 5) is 13.7. The molecule has 1 heterocycles. The maximum absolute atomic E-state index is 11.7. The van der Waals surface area contributed by atoms with Crippen molar-refractivity contribution in [2.75, 3.05) is 25.0 Å². The van der Waals surface area contributed by atoms with Gasteiger partial charge in [0.2, 0.25) is 5.91 Å². The summed E-state index contributed by atoms with van der Waals surface area (Å²) < 4.78 is 0. The Bertz CT molecular complexity index is 411. The Balaban J connectivity index is 1.87. The second-order valence-electron chi connectivity index (χ2n) is 4.21. The van der Waals surface area contributed by atoms with E-state index in [0.29, 0.717) is 23.8 Å². The average molecular weight is 255 g/mol. The van der Waals surface area contributed by atoms with Crippen molar-refractivity contribution >= 4 is 23.2 Å². The van der Waals surface area contributed by atoms with Crippen molar-refractivity contribution in [3.05, 3.63) is 29.3 Å². The van der Waals surface area contributed by atoms with Crippen LogP contribution in [0.3, 0.4) is 0 Å². The number of benzene rings is 1. The Morgan fingerprint density at radius 1 is 1.53 bits per heavy atom. The molecule has 1 amide bonds. The lowest BCUT2D eigenvalue weighted by Gasteiger charge is -2.14. The van der Waals surface area contributed by atoms with Gasteiger partial charge >= 0.3 is 0 Å². The van der Waals surface area contributed by atoms with E-state index in [1.165, 1.54) is 0 Å². The van der Waals surface area contributed by atoms with Crippen molar-refractivity contribution in [2.24, 2.45) is 0 Å². The van der Waals surface area contributed by atoms with Gasteiger partial charge in [-0.05, 0) is 18.6 Å². The van der Waals surface area contributed by atoms with Crippen LogP contribution in [0.15, 0.2) is 24.3 Å². The molecule has 1 saturated heterocycles. The number of hydrogen-bond donors (Lipinski definition) is 2. The lowest BCUT2D eigenvalue weighted by Crippen LogP contribution is -2.32. The lowest BCUT2D eigenvalue weighted by molar-refractivity contribution is -0.117. The molecule has 0 unspecified atom stereocenters. The molecule has 1 atom stereocenters. The summed E-state index contributed by atoms with van der Waals surface area (Å²) in [7, 11) is 0. The third-order valence-corrected chi connectivity index (χ3v) is 3.09. The van der Waals surface area contributed by atoms with E-state index >= 15 is 0 Å². The minimum atomic E-state index is -0.303. The van der Waals surface area contributed by atoms with E-state index in [0.717, 1.165) is 13.0 Å². The number of aliphatic hydroxyl groups is 1. The molecule has 17 heavy (non-hydrogen) atoms. The summed E-state index contributed by atoms with van der Waals surface area (Å²) in [6, 6.07) is 7.13. The summed E-state index contributed by atoms with van der Waals surface area (Å²) in [5.74, 6) is -0.104. The summed E-state index contributed by atoms with van der Waals surface area (Å²) in [5.41, 5.74) is 0.624. The van der Waals surface area contributed by atoms with Gasteiger partial charge in [0.15, 0.2) is 0 Å². The van der Waals surface area contributed by atoms with Crippen molar-refractivity contribution in [2.45, 2.75) is 12.5 Å². The molecular weight excluding hydrogens is 240 g/mol. The van der Waals surface area contributed by atoms with Crippen molar-refractivity contribution in [1.82, 2.24) is 4.90 Å². The van der Waals surface area contributed by atoms with Gasteiger partial charge in [0.1, 0.15) is 0 Å². The number of hydrogen-bond acceptors (Lipinski definition) is 3. The number of halogens is 1. The second kappa shape index (κ2) is 5.49. The maximum Gasteiger partial charge on any atom is 0.238 e. The van der Waals surface area contributed by atoms with E-state index in [1.54, 1.807) is 12.1 Å². The summed E-state index contributed by atoms with van der Waals surface area (Å²) >= 11 is 5.94. The van der Waals surface area contributed by atoms with Crippen molar-refractivity contribution < 1.29 is 9.90 Å². The molecule has 0 aromatic heterocycles. The SMILES string of the molecule is O=C(CN1CC[C@H](O)C1)Nc1ccccc1Cl. The molecule has 0 saturated carbocycles. The van der Waals surface area contributed by atoms with Gasteiger partial charge in [0.25, 0.3) is 0 Å². The predicted octanol–water partition coefficient (Wildman–Crippen LogP) is 1.35. The van der Waals surface area contributed by atoms with E-state index in [-0.39, 0.29) is 12.0 Å². The van der Waals surface area contributed by atoms with Gasteiger partial charge < -0.3 is 10.4 Å². The molecule has 1 fully saturated rings. The van der Waals surface area contributed by atoms with Crippen molar-refractivity contribution in [3.63, 3.8) is 0 Å². The molecule has 0 spiro atoms. The molecule has 0 bridgehead atoms. The Labute approximate surface area is 105 Å². The molecule has 5 heteroatoms. The zero-order chi connectivity index (χ0) is 12.3. The number of para-hydroxylation sites is 1. The number of aliphatic hydroxyl groups excluding tert-OH is 1. The summed E-state index contributed by atoms with van der Waals surface area (Å²) in [6.07, 6.45) is 0.433. The fourth-order valence-corrected chi connectivity index (χ4v) is 2.09. The largest absolute Gasteiger partial charge is 0.392 e. The third kappa shape index (κ3) is 3.43. The first-order chi connectivity index (χ1) is 8.15. The molecule has 1 aromatic carbocycles. The third-order valence-electron chi connectivity index (χ3n) is 2.76. The zero-order valence-corrected chi connectivity index (χ0v) is 10.2. The number of anilines is 1. The highest BCUT2D eigenvalue weighted by atomic mass is 35.5. The van der Waals surface area contributed by atoms with Gasteiger partial charge in [-0.15, -0.1) is 0 Å². The quantitative estimate of drug-likeness (QED) is 0.856. The van der Waals surface area contributed by atoms with E-state index in [9.17, 15) is 9.90 Å². The number of nitrogens with zero attached hydrogens (tertiary/aromatic N) is 1. The van der Waals surface area contributed by atoms with Crippen LogP contribution in [0.1, 0.15) is 6.42 Å². The minimum absolute atomic E-state index is 0.104. The fraction of sp³-hybridized carbons (Fsp3) is 0.417. The number of β-amino-alcohol motifs (C(OH)–C–C–N with tert-alkyl or cyclic N) is 1. The number of carbonyl (C=O) groups is 1. The monoisotopic (exact) mass is 254 g/mol. The van der Waals surface area contributed by atoms with Crippen LogP contribution in [-0.4, -0.2) is 41.7 Å². The molecule has 2 rings (SSSR count). The van der Waals surface area contributed by atoms with Gasteiger partial charge in [-0.3, -0.25) is 9.69 Å². The standard InChI is InChI=1S/C12H15ClN2O2/c13-10-3-1-2-4-11(10)14-12(17)8-15-6-5-9(16)7-15/h1-4,9,16H,5-8H2,(H,14,17)/t9-/m0/s1. The number of rotatable bonds is 3. The van der Waals surface area contributed by atoms with Crippen LogP contribution in [0, 0.1) is 0 Å². The molecule has 1 aliphatic heterocycles. The van der Waals surface area contributed by atoms with Crippen LogP contribution >= 0.6 is 11.6 Å². The first kappa shape index (κ1) is 12.4. The van der Waals surface area contributed by atoms with Gasteiger partial charge in [-0.1, -0.05) is 23.7 Å². The average Bonchev–Trinajstić information content (AvgIpc) is 2.67. The van der Waals surface area contributed by atoms with E-state index < -0.39 is 0 Å². The van der Waals surface area contributed by atoms with Gasteiger partial charge in [0.05, 0.1) is 23.4 Å². The normalized spacial score (nSPS) is 20.5. The first-order valence-electron chi connectivity index (χ1n) is 5.60. The Hall–Kier alpha value is -1.10. The van der Waals surface area contributed by atoms with Crippen LogP contribution < -0.4 is 5.32 Å². The predicted molar refractivity (Wildman–Crippen MR) is 67.1 cm³/mol. The molecule has 1 aliphatic rings. The molecule has 1 aromatic rings. The smallest absolute Gasteiger partial charge is 0.238 e. The highest BCUT2D eigenvalue weighted by Gasteiger charge is 2.22. The summed E-state index contributed by atoms with van der Waals surface area (Å²) in [6.45, 7) is 1.62. The minimum Gasteiger partial charge on any atom is -0.392 e. The highest BCUT2D eigenvalue weighted by Crippen LogP contribution is 2.20. The van der Waals surface area contributed by atoms with Gasteiger partial charge in [0, 0.05) is 13.1 Å². The Morgan fingerprint density at radius 2 is 2.29 bits per heavy atom. The van der Waals surface area contributed by atoms with Crippen LogP contribution in [0.4, 0.5) is 5.69 Å². The topological polar surface area (TPSA) is 52.6 Å². The van der Waals surface area contributed by atoms with Gasteiger partial charge in [-0.2, -0.15) is 0 Å². The Kier molecular flexibility index (Phi) is 3.99. The van der Waals surface area contributed by atoms with E-state index in [1.807, 2.05) is 17.0 Å². The lowest BCUT2D eigenvalue weighted by atomic mass is 10.3. The molecule has 0 aliphatic carbocycles. The zero-order valence-electron chi connectivity index (χ0n) is 9.40. The van der Waals surface area contributed by atoms with Crippen LogP contribution in [0.5, 0.6) is 0 Å². The van der Waals surface area contributed by atoms with Crippen LogP contribution in [0.25, 0.3) is 0 Å². The van der Waals surface area contributed by atoms with Crippen molar-refractivity contribution in [3.8, 4) is 0 Å². The summed E-state index contributed by atoms with van der Waals surface area (Å²) in [5, 5.41) is 12.6. The van der Waals surface area contributed by atoms with Gasteiger partial charge in [-0.25, -0.2) is 0 Å². The van der Waals surface area contributed by atoms with Crippen molar-refractivity contribution in [1.29, 1.82) is 0 Å². The van der Waals surface area contributed by atoms with Crippen LogP contribution in [-0.2, 0) is 4.79 Å². The molecule has 92 valence electrons. The molecular formula is C12H15ClN2O2. The highest BCUT2D eigenvalue weighted by molar-refractivity contribution is 6.33. The molecule has 2 N–H and O–H groups in total. The molecule has 4 nitrogen and oxygen atoms in total. The fourth-order valence-electron chi connectivity index (χ4n) is 1.91. The Morgan fingerprint density at radius 3 is 2.94 bits per heavy atom. The number of likely N-dealkylation sites (tertiary alicyclic amines) is 1. The number of carbonyl (C=O) groups excluding carboxylic acids is 1. The van der Waals surface area contributed by atoms with E-state index in [2.05, 4.69) is 5.32 Å². The first-order valence-corrected chi connectivity index (χ1v) is 5.98. The maximum atomic E-state index is 11.7. The second-order valence-corrected chi connectivity index (χ2v) is 4.61. The van der Waals surface area contributed by atoms with E-state index in [4.69, 9.17) is 11.6 Å². The number of amides is 1. The number of nitrogens with one attached hydrogen (secondary N) is 1. The van der Waals surface area contributed by atoms with Crippen LogP contribution in [0.2, 0.25) is 5.02 Å².